The summed E-state index contributed by atoms with van der Waals surface area (Å²) in [6.45, 7) is 1.83. The molecule has 0 saturated carbocycles. The predicted octanol–water partition coefficient (Wildman–Crippen LogP) is 4.88. The molecule has 0 amide bonds. The first-order chi connectivity index (χ1) is 12.9. The van der Waals surface area contributed by atoms with Crippen LogP contribution in [0.4, 0.5) is 8.78 Å². The lowest BCUT2D eigenvalue weighted by Gasteiger charge is -2.10. The number of ether oxygens (including phenoxy) is 2. The van der Waals surface area contributed by atoms with E-state index in [1.165, 1.54) is 23.5 Å². The fraction of sp³-hybridized carbons (Fsp3) is 0.176. The van der Waals surface area contributed by atoms with E-state index in [-0.39, 0.29) is 22.1 Å². The highest BCUT2D eigenvalue weighted by atomic mass is 32.2. The van der Waals surface area contributed by atoms with E-state index in [9.17, 15) is 8.78 Å². The molecular formula is C17H14F2N4O2S2. The predicted molar refractivity (Wildman–Crippen MR) is 98.9 cm³/mol. The van der Waals surface area contributed by atoms with Gasteiger partial charge >= 0.3 is 0 Å². The molecule has 3 aromatic rings. The summed E-state index contributed by atoms with van der Waals surface area (Å²) in [4.78, 5) is 15.5. The van der Waals surface area contributed by atoms with Gasteiger partial charge in [0.05, 0.1) is 12.1 Å². The molecule has 140 valence electrons. The van der Waals surface area contributed by atoms with Crippen molar-refractivity contribution in [3.63, 3.8) is 0 Å². The Morgan fingerprint density at radius 3 is 1.56 bits per heavy atom. The lowest BCUT2D eigenvalue weighted by Crippen LogP contribution is -1.97. The molecule has 0 saturated heterocycles. The Bertz CT molecular complexity index is 902. The maximum atomic E-state index is 13.6. The van der Waals surface area contributed by atoms with Gasteiger partial charge in [-0.1, -0.05) is 23.5 Å². The number of aromatic nitrogens is 4. The molecular weight excluding hydrogens is 394 g/mol. The Labute approximate surface area is 162 Å². The summed E-state index contributed by atoms with van der Waals surface area (Å²) >= 11 is 2.40. The molecule has 27 heavy (non-hydrogen) atoms. The van der Waals surface area contributed by atoms with E-state index >= 15 is 0 Å². The van der Waals surface area contributed by atoms with Crippen LogP contribution in [0.1, 0.15) is 5.56 Å². The number of halogens is 2. The van der Waals surface area contributed by atoms with Crippen LogP contribution in [0, 0.1) is 18.8 Å². The first kappa shape index (κ1) is 19.3. The third kappa shape index (κ3) is 5.27. The Hall–Kier alpha value is -2.46. The number of hydrogen-bond acceptors (Lipinski definition) is 8. The summed E-state index contributed by atoms with van der Waals surface area (Å²) in [7, 11) is 0. The van der Waals surface area contributed by atoms with E-state index in [2.05, 4.69) is 19.9 Å². The van der Waals surface area contributed by atoms with Gasteiger partial charge in [0, 0.05) is 6.07 Å². The molecule has 0 fully saturated rings. The molecule has 6 nitrogen and oxygen atoms in total. The van der Waals surface area contributed by atoms with Crippen LogP contribution in [0.5, 0.6) is 23.3 Å². The average molecular weight is 408 g/mol. The van der Waals surface area contributed by atoms with Gasteiger partial charge in [0.1, 0.15) is 11.5 Å². The summed E-state index contributed by atoms with van der Waals surface area (Å²) < 4.78 is 38.4. The first-order valence-corrected chi connectivity index (χ1v) is 10.0. The van der Waals surface area contributed by atoms with Crippen LogP contribution in [-0.2, 0) is 0 Å². The Balaban J connectivity index is 1.86. The highest BCUT2D eigenvalue weighted by Crippen LogP contribution is 2.30. The second-order valence-corrected chi connectivity index (χ2v) is 6.76. The van der Waals surface area contributed by atoms with E-state index in [4.69, 9.17) is 9.47 Å². The Morgan fingerprint density at radius 1 is 0.704 bits per heavy atom. The maximum absolute atomic E-state index is 13.6. The van der Waals surface area contributed by atoms with Crippen LogP contribution in [-0.4, -0.2) is 32.4 Å². The lowest BCUT2D eigenvalue weighted by atomic mass is 10.2. The lowest BCUT2D eigenvalue weighted by molar-refractivity contribution is 0.423. The maximum Gasteiger partial charge on any atom is 0.226 e. The van der Waals surface area contributed by atoms with Crippen LogP contribution in [0.15, 0.2) is 40.6 Å². The Morgan fingerprint density at radius 2 is 1.15 bits per heavy atom. The number of thioether (sulfide) groups is 2. The summed E-state index contributed by atoms with van der Waals surface area (Å²) in [5.74, 6) is -0.462. The van der Waals surface area contributed by atoms with Crippen molar-refractivity contribution in [3.8, 4) is 23.3 Å². The van der Waals surface area contributed by atoms with Gasteiger partial charge in [0.2, 0.25) is 23.7 Å². The molecule has 0 bridgehead atoms. The summed E-state index contributed by atoms with van der Waals surface area (Å²) in [6, 6.07) is 7.23. The third-order valence-corrected chi connectivity index (χ3v) is 4.23. The number of nitrogens with zero attached hydrogens (tertiary/aromatic N) is 4. The van der Waals surface area contributed by atoms with Gasteiger partial charge in [-0.3, -0.25) is 0 Å². The first-order valence-electron chi connectivity index (χ1n) is 7.59. The van der Waals surface area contributed by atoms with Gasteiger partial charge in [-0.15, -0.1) is 0 Å². The van der Waals surface area contributed by atoms with Crippen molar-refractivity contribution in [1.29, 1.82) is 0 Å². The molecule has 2 aromatic heterocycles. The van der Waals surface area contributed by atoms with E-state index in [1.807, 2.05) is 6.92 Å². The third-order valence-electron chi connectivity index (χ3n) is 3.14. The molecule has 0 atom stereocenters. The number of benzene rings is 1. The van der Waals surface area contributed by atoms with E-state index in [1.54, 1.807) is 30.7 Å². The normalized spacial score (nSPS) is 10.7. The van der Waals surface area contributed by atoms with Gasteiger partial charge in [-0.25, -0.2) is 0 Å². The number of aryl methyl sites for hydroxylation is 1. The average Bonchev–Trinajstić information content (AvgIpc) is 2.60. The quantitative estimate of drug-likeness (QED) is 0.325. The second-order valence-electron chi connectivity index (χ2n) is 5.22. The minimum atomic E-state index is -0.686. The van der Waals surface area contributed by atoms with Gasteiger partial charge < -0.3 is 9.47 Å². The van der Waals surface area contributed by atoms with Crippen LogP contribution >= 0.6 is 23.5 Å². The zero-order chi connectivity index (χ0) is 19.4. The molecule has 10 heteroatoms. The van der Waals surface area contributed by atoms with Gasteiger partial charge in [-0.2, -0.15) is 28.7 Å². The smallest absolute Gasteiger partial charge is 0.226 e. The van der Waals surface area contributed by atoms with Crippen LogP contribution in [0.25, 0.3) is 0 Å². The van der Waals surface area contributed by atoms with Crippen molar-refractivity contribution in [3.05, 3.63) is 47.8 Å². The molecule has 0 aliphatic heterocycles. The fourth-order valence-corrected chi connectivity index (χ4v) is 2.83. The van der Waals surface area contributed by atoms with Gasteiger partial charge in [0.25, 0.3) is 0 Å². The van der Waals surface area contributed by atoms with Crippen molar-refractivity contribution >= 4 is 23.5 Å². The van der Waals surface area contributed by atoms with Crippen molar-refractivity contribution in [1.82, 2.24) is 19.9 Å². The molecule has 1 aromatic carbocycles. The van der Waals surface area contributed by atoms with Gasteiger partial charge in [-0.05, 0) is 37.1 Å². The number of rotatable bonds is 6. The minimum absolute atomic E-state index is 0.0705. The standard InChI is InChI=1S/C17H14F2N4O2S2/c1-9-4-10(24-14-7-12(18)20-16(22-14)26-2)6-11(5-9)25-15-8-13(19)21-17(23-15)27-3/h4-8H,1-3H3. The van der Waals surface area contributed by atoms with Crippen LogP contribution in [0.3, 0.4) is 0 Å². The molecule has 3 rings (SSSR count). The van der Waals surface area contributed by atoms with Crippen molar-refractivity contribution in [2.45, 2.75) is 17.2 Å². The van der Waals surface area contributed by atoms with Crippen molar-refractivity contribution in [2.24, 2.45) is 0 Å². The topological polar surface area (TPSA) is 70.0 Å². The highest BCUT2D eigenvalue weighted by molar-refractivity contribution is 7.98. The van der Waals surface area contributed by atoms with Gasteiger partial charge in [0.15, 0.2) is 10.3 Å². The summed E-state index contributed by atoms with van der Waals surface area (Å²) in [5.41, 5.74) is 0.821. The van der Waals surface area contributed by atoms with Crippen LogP contribution < -0.4 is 9.47 Å². The largest absolute Gasteiger partial charge is 0.439 e. The Kier molecular flexibility index (Phi) is 6.07. The minimum Gasteiger partial charge on any atom is -0.439 e. The zero-order valence-corrected chi connectivity index (χ0v) is 16.2. The molecule has 2 heterocycles. The SMILES string of the molecule is CSc1nc(F)cc(Oc2cc(C)cc(Oc3cc(F)nc(SC)n3)c2)n1. The summed E-state index contributed by atoms with van der Waals surface area (Å²) in [5, 5.41) is 0.519. The van der Waals surface area contributed by atoms with E-state index in [0.29, 0.717) is 11.5 Å². The molecule has 0 aliphatic rings. The molecule has 0 aliphatic carbocycles. The second kappa shape index (κ2) is 8.49. The summed E-state index contributed by atoms with van der Waals surface area (Å²) in [6.07, 6.45) is 3.47. The zero-order valence-electron chi connectivity index (χ0n) is 14.6. The molecule has 0 N–H and O–H groups in total. The molecule has 0 unspecified atom stereocenters. The van der Waals surface area contributed by atoms with Crippen molar-refractivity contribution < 1.29 is 18.3 Å². The van der Waals surface area contributed by atoms with Crippen LogP contribution in [0.2, 0.25) is 0 Å². The number of hydrogen-bond donors (Lipinski definition) is 0. The monoisotopic (exact) mass is 408 g/mol. The van der Waals surface area contributed by atoms with Crippen molar-refractivity contribution in [2.75, 3.05) is 12.5 Å². The molecule has 0 radical (unpaired) electrons. The fourth-order valence-electron chi connectivity index (χ4n) is 2.11. The molecule has 0 spiro atoms. The van der Waals surface area contributed by atoms with E-state index in [0.717, 1.165) is 17.7 Å². The highest BCUT2D eigenvalue weighted by Gasteiger charge is 2.10. The van der Waals surface area contributed by atoms with E-state index < -0.39 is 11.9 Å².